The van der Waals surface area contributed by atoms with Gasteiger partial charge in [-0.25, -0.2) is 4.79 Å². The summed E-state index contributed by atoms with van der Waals surface area (Å²) in [5, 5.41) is 9.34. The Labute approximate surface area is 125 Å². The first-order valence-electron chi connectivity index (χ1n) is 7.66. The minimum atomic E-state index is -0.876. The lowest BCUT2D eigenvalue weighted by Crippen LogP contribution is -2.51. The average molecular weight is 289 g/mol. The third kappa shape index (κ3) is 4.06. The summed E-state index contributed by atoms with van der Waals surface area (Å²) in [6.07, 6.45) is 3.82. The normalized spacial score (nSPS) is 22.0. The highest BCUT2D eigenvalue weighted by atomic mass is 16.4. The second-order valence-corrected chi connectivity index (χ2v) is 5.83. The van der Waals surface area contributed by atoms with E-state index in [-0.39, 0.29) is 11.8 Å². The number of hydrogen-bond acceptors (Lipinski definition) is 2. The van der Waals surface area contributed by atoms with Gasteiger partial charge in [0.2, 0.25) is 5.91 Å². The van der Waals surface area contributed by atoms with E-state index in [9.17, 15) is 14.7 Å². The van der Waals surface area contributed by atoms with Crippen LogP contribution in [0.3, 0.4) is 0 Å². The van der Waals surface area contributed by atoms with Crippen molar-refractivity contribution in [1.29, 1.82) is 0 Å². The van der Waals surface area contributed by atoms with Gasteiger partial charge in [0.1, 0.15) is 6.04 Å². The maximum atomic E-state index is 12.3. The van der Waals surface area contributed by atoms with E-state index in [1.807, 2.05) is 37.3 Å². The zero-order valence-electron chi connectivity index (χ0n) is 12.5. The molecule has 0 spiro atoms. The number of amides is 1. The van der Waals surface area contributed by atoms with Crippen LogP contribution in [0.2, 0.25) is 0 Å². The number of carboxylic acid groups (broad SMARTS) is 1. The first-order chi connectivity index (χ1) is 10.1. The fraction of sp³-hybridized carbons (Fsp3) is 0.529. The Hall–Kier alpha value is -1.84. The van der Waals surface area contributed by atoms with Gasteiger partial charge in [-0.3, -0.25) is 4.79 Å². The molecule has 114 valence electrons. The fourth-order valence-electron chi connectivity index (χ4n) is 3.08. The van der Waals surface area contributed by atoms with Crippen LogP contribution in [0, 0.1) is 5.92 Å². The summed E-state index contributed by atoms with van der Waals surface area (Å²) in [6.45, 7) is 2.49. The van der Waals surface area contributed by atoms with Crippen molar-refractivity contribution in [2.75, 3.05) is 6.54 Å². The molecule has 4 nitrogen and oxygen atoms in total. The van der Waals surface area contributed by atoms with E-state index in [2.05, 4.69) is 0 Å². The van der Waals surface area contributed by atoms with E-state index in [1.54, 1.807) is 4.90 Å². The topological polar surface area (TPSA) is 57.6 Å². The summed E-state index contributed by atoms with van der Waals surface area (Å²) >= 11 is 0. The van der Waals surface area contributed by atoms with Gasteiger partial charge in [-0.05, 0) is 37.2 Å². The van der Waals surface area contributed by atoms with Gasteiger partial charge in [-0.1, -0.05) is 37.3 Å². The molecule has 2 atom stereocenters. The van der Waals surface area contributed by atoms with Gasteiger partial charge in [-0.15, -0.1) is 0 Å². The van der Waals surface area contributed by atoms with E-state index in [0.717, 1.165) is 25.7 Å². The van der Waals surface area contributed by atoms with Crippen LogP contribution in [0.5, 0.6) is 0 Å². The molecule has 1 aliphatic heterocycles. The lowest BCUT2D eigenvalue weighted by molar-refractivity contribution is -0.154. The van der Waals surface area contributed by atoms with Crippen LogP contribution in [0.4, 0.5) is 0 Å². The molecule has 1 heterocycles. The molecule has 1 fully saturated rings. The van der Waals surface area contributed by atoms with Crippen molar-refractivity contribution in [1.82, 2.24) is 4.90 Å². The summed E-state index contributed by atoms with van der Waals surface area (Å²) in [6, 6.07) is 9.40. The lowest BCUT2D eigenvalue weighted by Gasteiger charge is -2.37. The molecular formula is C17H23NO3. The number of carbonyl (C=O) groups is 2. The standard InChI is InChI=1S/C17H23NO3/c1-13-7-6-12-18(16(13)17(20)21)15(19)11-5-10-14-8-3-2-4-9-14/h2-4,8-9,13,16H,5-7,10-12H2,1H3,(H,20,21). The molecule has 1 amide bonds. The van der Waals surface area contributed by atoms with Crippen LogP contribution in [-0.4, -0.2) is 34.5 Å². The molecule has 1 aliphatic rings. The number of nitrogens with zero attached hydrogens (tertiary/aromatic N) is 1. The van der Waals surface area contributed by atoms with Crippen molar-refractivity contribution in [3.63, 3.8) is 0 Å². The smallest absolute Gasteiger partial charge is 0.326 e. The number of hydrogen-bond donors (Lipinski definition) is 1. The minimum absolute atomic E-state index is 0.0233. The van der Waals surface area contributed by atoms with E-state index < -0.39 is 12.0 Å². The van der Waals surface area contributed by atoms with E-state index in [1.165, 1.54) is 5.56 Å². The van der Waals surface area contributed by atoms with Crippen molar-refractivity contribution in [2.24, 2.45) is 5.92 Å². The predicted octanol–water partition coefficient (Wildman–Crippen LogP) is 2.72. The Kier molecular flexibility index (Phi) is 5.37. The van der Waals surface area contributed by atoms with Crippen LogP contribution in [0.25, 0.3) is 0 Å². The molecule has 0 aromatic heterocycles. The Balaban J connectivity index is 1.88. The summed E-state index contributed by atoms with van der Waals surface area (Å²) in [7, 11) is 0. The van der Waals surface area contributed by atoms with Gasteiger partial charge in [-0.2, -0.15) is 0 Å². The second-order valence-electron chi connectivity index (χ2n) is 5.83. The first-order valence-corrected chi connectivity index (χ1v) is 7.66. The molecule has 1 saturated heterocycles. The van der Waals surface area contributed by atoms with Crippen LogP contribution < -0.4 is 0 Å². The van der Waals surface area contributed by atoms with Crippen LogP contribution in [-0.2, 0) is 16.0 Å². The van der Waals surface area contributed by atoms with Crippen molar-refractivity contribution < 1.29 is 14.7 Å². The molecule has 1 N–H and O–H groups in total. The van der Waals surface area contributed by atoms with Gasteiger partial charge in [0, 0.05) is 13.0 Å². The highest BCUT2D eigenvalue weighted by molar-refractivity contribution is 5.84. The number of likely N-dealkylation sites (tertiary alicyclic amines) is 1. The Morgan fingerprint density at radius 2 is 2.00 bits per heavy atom. The number of benzene rings is 1. The number of aryl methyl sites for hydroxylation is 1. The quantitative estimate of drug-likeness (QED) is 0.906. The van der Waals surface area contributed by atoms with Gasteiger partial charge in [0.25, 0.3) is 0 Å². The fourth-order valence-corrected chi connectivity index (χ4v) is 3.08. The monoisotopic (exact) mass is 289 g/mol. The highest BCUT2D eigenvalue weighted by Gasteiger charge is 2.36. The molecule has 2 unspecified atom stereocenters. The van der Waals surface area contributed by atoms with Crippen molar-refractivity contribution in [3.8, 4) is 0 Å². The maximum Gasteiger partial charge on any atom is 0.326 e. The van der Waals surface area contributed by atoms with Crippen LogP contribution >= 0.6 is 0 Å². The van der Waals surface area contributed by atoms with E-state index in [0.29, 0.717) is 13.0 Å². The third-order valence-corrected chi connectivity index (χ3v) is 4.21. The average Bonchev–Trinajstić information content (AvgIpc) is 2.47. The molecule has 4 heteroatoms. The molecule has 0 aliphatic carbocycles. The van der Waals surface area contributed by atoms with Gasteiger partial charge in [0.05, 0.1) is 0 Å². The number of carbonyl (C=O) groups excluding carboxylic acids is 1. The molecule has 1 aromatic rings. The molecule has 0 bridgehead atoms. The number of carboxylic acids is 1. The second kappa shape index (κ2) is 7.25. The summed E-state index contributed by atoms with van der Waals surface area (Å²) in [5.74, 6) is -0.863. The summed E-state index contributed by atoms with van der Waals surface area (Å²) in [5.41, 5.74) is 1.21. The van der Waals surface area contributed by atoms with Crippen molar-refractivity contribution in [2.45, 2.75) is 45.1 Å². The molecule has 2 rings (SSSR count). The molecular weight excluding hydrogens is 266 g/mol. The van der Waals surface area contributed by atoms with Gasteiger partial charge in [0.15, 0.2) is 0 Å². The Morgan fingerprint density at radius 3 is 2.67 bits per heavy atom. The largest absolute Gasteiger partial charge is 0.480 e. The third-order valence-electron chi connectivity index (χ3n) is 4.21. The zero-order valence-corrected chi connectivity index (χ0v) is 12.5. The SMILES string of the molecule is CC1CCCN(C(=O)CCCc2ccccc2)C1C(=O)O. The summed E-state index contributed by atoms with van der Waals surface area (Å²) < 4.78 is 0. The Morgan fingerprint density at radius 1 is 1.29 bits per heavy atom. The number of piperidine rings is 1. The molecule has 1 aromatic carbocycles. The first kappa shape index (κ1) is 15.5. The van der Waals surface area contributed by atoms with Crippen LogP contribution in [0.1, 0.15) is 38.2 Å². The van der Waals surface area contributed by atoms with E-state index >= 15 is 0 Å². The lowest BCUT2D eigenvalue weighted by atomic mass is 9.90. The number of aliphatic carboxylic acids is 1. The van der Waals surface area contributed by atoms with Crippen molar-refractivity contribution >= 4 is 11.9 Å². The van der Waals surface area contributed by atoms with Crippen LogP contribution in [0.15, 0.2) is 30.3 Å². The Bertz CT molecular complexity index is 486. The van der Waals surface area contributed by atoms with E-state index in [4.69, 9.17) is 0 Å². The van der Waals surface area contributed by atoms with Gasteiger partial charge < -0.3 is 10.0 Å². The molecule has 0 saturated carbocycles. The van der Waals surface area contributed by atoms with Crippen molar-refractivity contribution in [3.05, 3.63) is 35.9 Å². The zero-order chi connectivity index (χ0) is 15.2. The number of rotatable bonds is 5. The highest BCUT2D eigenvalue weighted by Crippen LogP contribution is 2.24. The predicted molar refractivity (Wildman–Crippen MR) is 80.9 cm³/mol. The van der Waals surface area contributed by atoms with Gasteiger partial charge >= 0.3 is 5.97 Å². The minimum Gasteiger partial charge on any atom is -0.480 e. The summed E-state index contributed by atoms with van der Waals surface area (Å²) in [4.78, 5) is 25.3. The molecule has 21 heavy (non-hydrogen) atoms. The molecule has 0 radical (unpaired) electrons. The maximum absolute atomic E-state index is 12.3.